The monoisotopic (exact) mass is 180 g/mol. The Labute approximate surface area is 78.1 Å². The van der Waals surface area contributed by atoms with Crippen molar-refractivity contribution in [3.05, 3.63) is 5.69 Å². The number of aromatic nitrogens is 3. The molecule has 1 aliphatic carbocycles. The summed E-state index contributed by atoms with van der Waals surface area (Å²) in [5.74, 6) is 0.743. The molecule has 1 aromatic rings. The maximum absolute atomic E-state index is 5.87. The van der Waals surface area contributed by atoms with E-state index >= 15 is 0 Å². The van der Waals surface area contributed by atoms with Crippen LogP contribution in [0.3, 0.4) is 0 Å². The minimum atomic E-state index is 0.495. The molecule has 0 spiro atoms. The topological polar surface area (TPSA) is 56.7 Å². The summed E-state index contributed by atoms with van der Waals surface area (Å²) in [5.41, 5.74) is 6.72. The van der Waals surface area contributed by atoms with E-state index in [9.17, 15) is 0 Å². The first-order valence-electron chi connectivity index (χ1n) is 4.96. The van der Waals surface area contributed by atoms with Crippen molar-refractivity contribution in [3.63, 3.8) is 0 Å². The summed E-state index contributed by atoms with van der Waals surface area (Å²) < 4.78 is 1.90. The van der Waals surface area contributed by atoms with Crippen LogP contribution in [0.4, 0.5) is 5.82 Å². The van der Waals surface area contributed by atoms with Crippen LogP contribution in [0, 0.1) is 6.92 Å². The molecule has 0 amide bonds. The van der Waals surface area contributed by atoms with Crippen molar-refractivity contribution in [2.75, 3.05) is 5.73 Å². The van der Waals surface area contributed by atoms with Crippen molar-refractivity contribution in [1.82, 2.24) is 15.0 Å². The molecular weight excluding hydrogens is 164 g/mol. The molecule has 0 saturated heterocycles. The van der Waals surface area contributed by atoms with Crippen LogP contribution in [0.1, 0.15) is 43.8 Å². The van der Waals surface area contributed by atoms with Gasteiger partial charge in [-0.1, -0.05) is 24.5 Å². The van der Waals surface area contributed by atoms with E-state index < -0.39 is 0 Å². The Morgan fingerprint density at radius 2 is 2.00 bits per heavy atom. The van der Waals surface area contributed by atoms with Crippen LogP contribution in [-0.4, -0.2) is 15.0 Å². The molecule has 0 bridgehead atoms. The molecule has 1 heterocycles. The molecule has 1 fully saturated rings. The Kier molecular flexibility index (Phi) is 2.20. The Morgan fingerprint density at radius 3 is 2.54 bits per heavy atom. The summed E-state index contributed by atoms with van der Waals surface area (Å²) in [6.45, 7) is 1.90. The Morgan fingerprint density at radius 1 is 1.31 bits per heavy atom. The first-order valence-corrected chi connectivity index (χ1v) is 4.96. The van der Waals surface area contributed by atoms with Crippen LogP contribution < -0.4 is 5.73 Å². The van der Waals surface area contributed by atoms with Gasteiger partial charge in [-0.15, -0.1) is 5.10 Å². The Bertz CT molecular complexity index is 286. The molecule has 2 N–H and O–H groups in total. The summed E-state index contributed by atoms with van der Waals surface area (Å²) in [5, 5.41) is 8.06. The maximum atomic E-state index is 5.87. The Hall–Kier alpha value is -1.06. The second-order valence-electron chi connectivity index (χ2n) is 3.80. The lowest BCUT2D eigenvalue weighted by Crippen LogP contribution is -2.16. The van der Waals surface area contributed by atoms with Crippen LogP contribution >= 0.6 is 0 Å². The summed E-state index contributed by atoms with van der Waals surface area (Å²) in [4.78, 5) is 0. The number of nitrogens with two attached hydrogens (primary N) is 1. The van der Waals surface area contributed by atoms with Crippen molar-refractivity contribution in [1.29, 1.82) is 0 Å². The number of anilines is 1. The van der Waals surface area contributed by atoms with Gasteiger partial charge in [-0.25, -0.2) is 4.68 Å². The van der Waals surface area contributed by atoms with Gasteiger partial charge in [0.25, 0.3) is 0 Å². The maximum Gasteiger partial charge on any atom is 0.145 e. The van der Waals surface area contributed by atoms with Gasteiger partial charge in [0.05, 0.1) is 6.04 Å². The quantitative estimate of drug-likeness (QED) is 0.715. The van der Waals surface area contributed by atoms with Crippen molar-refractivity contribution in [2.45, 2.75) is 45.1 Å². The third-order valence-corrected chi connectivity index (χ3v) is 2.83. The fourth-order valence-corrected chi connectivity index (χ4v) is 1.98. The predicted octanol–water partition coefficient (Wildman–Crippen LogP) is 1.67. The summed E-state index contributed by atoms with van der Waals surface area (Å²) in [7, 11) is 0. The largest absolute Gasteiger partial charge is 0.382 e. The molecule has 0 unspecified atom stereocenters. The molecule has 1 aromatic heterocycles. The highest BCUT2D eigenvalue weighted by molar-refractivity contribution is 5.32. The summed E-state index contributed by atoms with van der Waals surface area (Å²) in [6.07, 6.45) is 6.34. The van der Waals surface area contributed by atoms with Gasteiger partial charge in [0, 0.05) is 0 Å². The molecule has 0 atom stereocenters. The molecule has 0 aromatic carbocycles. The Balaban J connectivity index is 2.18. The lowest BCUT2D eigenvalue weighted by atomic mass is 9.96. The lowest BCUT2D eigenvalue weighted by Gasteiger charge is -2.22. The average Bonchev–Trinajstić information content (AvgIpc) is 2.49. The zero-order chi connectivity index (χ0) is 9.26. The van der Waals surface area contributed by atoms with Crippen molar-refractivity contribution < 1.29 is 0 Å². The highest BCUT2D eigenvalue weighted by Gasteiger charge is 2.18. The first kappa shape index (κ1) is 8.53. The molecule has 0 radical (unpaired) electrons. The smallest absolute Gasteiger partial charge is 0.145 e. The van der Waals surface area contributed by atoms with Crippen LogP contribution in [0.25, 0.3) is 0 Å². The molecule has 4 heteroatoms. The van der Waals surface area contributed by atoms with E-state index in [1.807, 2.05) is 11.6 Å². The zero-order valence-electron chi connectivity index (χ0n) is 8.03. The second-order valence-corrected chi connectivity index (χ2v) is 3.80. The van der Waals surface area contributed by atoms with E-state index in [2.05, 4.69) is 10.3 Å². The summed E-state index contributed by atoms with van der Waals surface area (Å²) >= 11 is 0. The fourth-order valence-electron chi connectivity index (χ4n) is 1.98. The molecule has 2 rings (SSSR count). The van der Waals surface area contributed by atoms with Gasteiger partial charge >= 0.3 is 0 Å². The number of hydrogen-bond donors (Lipinski definition) is 1. The number of hydrogen-bond acceptors (Lipinski definition) is 3. The lowest BCUT2D eigenvalue weighted by molar-refractivity contribution is 0.328. The third-order valence-electron chi connectivity index (χ3n) is 2.83. The minimum absolute atomic E-state index is 0.495. The highest BCUT2D eigenvalue weighted by atomic mass is 15.5. The molecule has 0 aliphatic heterocycles. The van der Waals surface area contributed by atoms with Crippen LogP contribution in [0.2, 0.25) is 0 Å². The number of nitrogens with zero attached hydrogens (tertiary/aromatic N) is 3. The van der Waals surface area contributed by atoms with E-state index in [-0.39, 0.29) is 0 Å². The number of rotatable bonds is 1. The van der Waals surface area contributed by atoms with Crippen molar-refractivity contribution >= 4 is 5.82 Å². The molecule has 4 nitrogen and oxygen atoms in total. The van der Waals surface area contributed by atoms with Crippen LogP contribution in [0.5, 0.6) is 0 Å². The van der Waals surface area contributed by atoms with Crippen molar-refractivity contribution in [3.8, 4) is 0 Å². The first-order chi connectivity index (χ1) is 6.29. The van der Waals surface area contributed by atoms with Crippen LogP contribution in [-0.2, 0) is 0 Å². The van der Waals surface area contributed by atoms with Gasteiger partial charge < -0.3 is 5.73 Å². The standard InChI is InChI=1S/C9H16N4/c1-7-9(10)13(12-11-7)8-5-3-2-4-6-8/h8H,2-6,10H2,1H3. The summed E-state index contributed by atoms with van der Waals surface area (Å²) in [6, 6.07) is 0.495. The highest BCUT2D eigenvalue weighted by Crippen LogP contribution is 2.29. The fraction of sp³-hybridized carbons (Fsp3) is 0.778. The van der Waals surface area contributed by atoms with Crippen LogP contribution in [0.15, 0.2) is 0 Å². The number of nitrogen functional groups attached to an aromatic ring is 1. The van der Waals surface area contributed by atoms with E-state index in [4.69, 9.17) is 5.73 Å². The predicted molar refractivity (Wildman–Crippen MR) is 51.3 cm³/mol. The van der Waals surface area contributed by atoms with Crippen molar-refractivity contribution in [2.24, 2.45) is 0 Å². The van der Waals surface area contributed by atoms with E-state index in [0.29, 0.717) is 6.04 Å². The number of aryl methyl sites for hydroxylation is 1. The zero-order valence-corrected chi connectivity index (χ0v) is 8.03. The molecular formula is C9H16N4. The van der Waals surface area contributed by atoms with Gasteiger partial charge in [0.15, 0.2) is 0 Å². The van der Waals surface area contributed by atoms with E-state index in [1.54, 1.807) is 0 Å². The third kappa shape index (κ3) is 1.53. The molecule has 13 heavy (non-hydrogen) atoms. The van der Waals surface area contributed by atoms with Gasteiger partial charge in [-0.05, 0) is 19.8 Å². The van der Waals surface area contributed by atoms with E-state index in [0.717, 1.165) is 11.5 Å². The molecule has 1 saturated carbocycles. The minimum Gasteiger partial charge on any atom is -0.382 e. The second kappa shape index (κ2) is 3.36. The van der Waals surface area contributed by atoms with E-state index in [1.165, 1.54) is 32.1 Å². The van der Waals surface area contributed by atoms with Gasteiger partial charge in [-0.2, -0.15) is 0 Å². The SMILES string of the molecule is Cc1nnn(C2CCCCC2)c1N. The molecule has 72 valence electrons. The van der Waals surface area contributed by atoms with Gasteiger partial charge in [0.2, 0.25) is 0 Å². The normalized spacial score (nSPS) is 19.2. The molecule has 1 aliphatic rings. The van der Waals surface area contributed by atoms with Gasteiger partial charge in [0.1, 0.15) is 11.5 Å². The average molecular weight is 180 g/mol. The van der Waals surface area contributed by atoms with Gasteiger partial charge in [-0.3, -0.25) is 0 Å².